The molecule has 1 saturated heterocycles. The zero-order chi connectivity index (χ0) is 23.5. The molecule has 1 aliphatic rings. The number of carbonyl (C=O) groups is 2. The summed E-state index contributed by atoms with van der Waals surface area (Å²) in [7, 11) is -3.94. The predicted octanol–water partition coefficient (Wildman–Crippen LogP) is 2.58. The van der Waals surface area contributed by atoms with Gasteiger partial charge in [0.1, 0.15) is 5.82 Å². The smallest absolute Gasteiger partial charge is 0.374 e. The Hall–Kier alpha value is -2.47. The summed E-state index contributed by atoms with van der Waals surface area (Å²) in [6, 6.07) is 5.58. The highest BCUT2D eigenvalue weighted by molar-refractivity contribution is 7.89. The quantitative estimate of drug-likeness (QED) is 0.598. The number of benzene rings is 1. The highest BCUT2D eigenvalue weighted by Crippen LogP contribution is 2.24. The van der Waals surface area contributed by atoms with Crippen LogP contribution in [0.15, 0.2) is 39.8 Å². The van der Waals surface area contributed by atoms with Crippen molar-refractivity contribution in [3.8, 4) is 0 Å². The summed E-state index contributed by atoms with van der Waals surface area (Å²) in [5, 5.41) is 2.40. The molecule has 1 amide bonds. The van der Waals surface area contributed by atoms with E-state index in [1.807, 2.05) is 4.90 Å². The Labute approximate surface area is 190 Å². The number of nitrogens with one attached hydrogen (secondary N) is 1. The number of piperazine rings is 1. The van der Waals surface area contributed by atoms with Gasteiger partial charge in [-0.05, 0) is 44.2 Å². The number of furan rings is 1. The van der Waals surface area contributed by atoms with E-state index in [0.29, 0.717) is 18.8 Å². The summed E-state index contributed by atoms with van der Waals surface area (Å²) >= 11 is 5.95. The molecular formula is C20H23ClFN3O6S. The van der Waals surface area contributed by atoms with Gasteiger partial charge in [0.2, 0.25) is 16.8 Å². The third kappa shape index (κ3) is 5.29. The number of anilines is 1. The van der Waals surface area contributed by atoms with Crippen LogP contribution < -0.4 is 5.32 Å². The van der Waals surface area contributed by atoms with Crippen molar-refractivity contribution < 1.29 is 31.6 Å². The molecule has 1 aromatic heterocycles. The summed E-state index contributed by atoms with van der Waals surface area (Å²) in [6.45, 7) is 4.33. The fourth-order valence-corrected chi connectivity index (χ4v) is 4.77. The molecule has 32 heavy (non-hydrogen) atoms. The SMILES string of the molecule is CCOC(=O)c1ccc(S(=O)(=O)N2CCN(C(C)C(=O)Nc3ccc(F)cc3Cl)CC2)o1. The summed E-state index contributed by atoms with van der Waals surface area (Å²) in [6.07, 6.45) is 0. The van der Waals surface area contributed by atoms with Crippen molar-refractivity contribution in [2.24, 2.45) is 0 Å². The molecule has 0 spiro atoms. The van der Waals surface area contributed by atoms with Gasteiger partial charge < -0.3 is 14.5 Å². The van der Waals surface area contributed by atoms with Crippen LogP contribution in [0.25, 0.3) is 0 Å². The summed E-state index contributed by atoms with van der Waals surface area (Å²) in [5.41, 5.74) is 0.293. The van der Waals surface area contributed by atoms with Gasteiger partial charge >= 0.3 is 5.97 Å². The Morgan fingerprint density at radius 2 is 1.91 bits per heavy atom. The van der Waals surface area contributed by atoms with Crippen LogP contribution in [-0.4, -0.2) is 68.3 Å². The maximum atomic E-state index is 13.2. The second kappa shape index (κ2) is 9.99. The van der Waals surface area contributed by atoms with Crippen LogP contribution in [-0.2, 0) is 19.6 Å². The van der Waals surface area contributed by atoms with Crippen LogP contribution in [0.3, 0.4) is 0 Å². The van der Waals surface area contributed by atoms with Crippen LogP contribution in [0.5, 0.6) is 0 Å². The Balaban J connectivity index is 1.60. The molecule has 0 saturated carbocycles. The fraction of sp³-hybridized carbons (Fsp3) is 0.400. The molecule has 3 rings (SSSR count). The summed E-state index contributed by atoms with van der Waals surface area (Å²) in [4.78, 5) is 26.1. The Morgan fingerprint density at radius 3 is 2.53 bits per heavy atom. The molecule has 174 valence electrons. The van der Waals surface area contributed by atoms with E-state index in [0.717, 1.165) is 6.07 Å². The minimum absolute atomic E-state index is 0.0853. The maximum absolute atomic E-state index is 13.2. The number of halogens is 2. The lowest BCUT2D eigenvalue weighted by molar-refractivity contribution is -0.121. The molecule has 1 unspecified atom stereocenters. The molecule has 0 radical (unpaired) electrons. The summed E-state index contributed by atoms with van der Waals surface area (Å²) in [5.74, 6) is -1.78. The Bertz CT molecular complexity index is 1100. The number of hydrogen-bond acceptors (Lipinski definition) is 7. The largest absolute Gasteiger partial charge is 0.460 e. The minimum atomic E-state index is -3.94. The topological polar surface area (TPSA) is 109 Å². The van der Waals surface area contributed by atoms with Crippen LogP contribution in [0, 0.1) is 5.82 Å². The molecule has 1 N–H and O–H groups in total. The molecule has 1 fully saturated rings. The number of nitrogens with zero attached hydrogens (tertiary/aromatic N) is 2. The number of amides is 1. The predicted molar refractivity (Wildman–Crippen MR) is 114 cm³/mol. The van der Waals surface area contributed by atoms with E-state index in [1.54, 1.807) is 13.8 Å². The third-order valence-electron chi connectivity index (χ3n) is 5.04. The normalized spacial score (nSPS) is 16.5. The maximum Gasteiger partial charge on any atom is 0.374 e. The first-order valence-corrected chi connectivity index (χ1v) is 11.7. The zero-order valence-electron chi connectivity index (χ0n) is 17.5. The molecule has 0 bridgehead atoms. The number of hydrogen-bond donors (Lipinski definition) is 1. The van der Waals surface area contributed by atoms with Gasteiger partial charge in [-0.1, -0.05) is 11.6 Å². The Morgan fingerprint density at radius 1 is 1.22 bits per heavy atom. The second-order valence-electron chi connectivity index (χ2n) is 7.07. The standard InChI is InChI=1S/C20H23ClFN3O6S/c1-3-30-20(27)17-6-7-18(31-17)32(28,29)25-10-8-24(9-11-25)13(2)19(26)23-16-5-4-14(22)12-15(16)21/h4-7,12-13H,3,8-11H2,1-2H3,(H,23,26). The van der Waals surface area contributed by atoms with Crippen molar-refractivity contribution in [1.29, 1.82) is 0 Å². The number of rotatable bonds is 7. The number of sulfonamides is 1. The van der Waals surface area contributed by atoms with Crippen LogP contribution in [0.1, 0.15) is 24.4 Å². The molecule has 1 aromatic carbocycles. The first-order valence-electron chi connectivity index (χ1n) is 9.90. The molecule has 0 aliphatic carbocycles. The lowest BCUT2D eigenvalue weighted by atomic mass is 10.2. The number of ether oxygens (including phenoxy) is 1. The van der Waals surface area contributed by atoms with E-state index in [4.69, 9.17) is 20.8 Å². The van der Waals surface area contributed by atoms with Crippen molar-refractivity contribution in [3.63, 3.8) is 0 Å². The van der Waals surface area contributed by atoms with Crippen molar-refractivity contribution in [1.82, 2.24) is 9.21 Å². The van der Waals surface area contributed by atoms with Gasteiger partial charge in [0, 0.05) is 26.2 Å². The molecule has 1 atom stereocenters. The second-order valence-corrected chi connectivity index (χ2v) is 9.34. The van der Waals surface area contributed by atoms with Gasteiger partial charge in [-0.15, -0.1) is 0 Å². The molecule has 9 nitrogen and oxygen atoms in total. The van der Waals surface area contributed by atoms with Crippen LogP contribution in [0.4, 0.5) is 10.1 Å². The van der Waals surface area contributed by atoms with E-state index in [9.17, 15) is 22.4 Å². The third-order valence-corrected chi connectivity index (χ3v) is 7.13. The van der Waals surface area contributed by atoms with Gasteiger partial charge in [0.15, 0.2) is 0 Å². The number of esters is 1. The zero-order valence-corrected chi connectivity index (χ0v) is 19.1. The van der Waals surface area contributed by atoms with Crippen LogP contribution in [0.2, 0.25) is 5.02 Å². The van der Waals surface area contributed by atoms with Crippen molar-refractivity contribution in [3.05, 3.63) is 46.9 Å². The van der Waals surface area contributed by atoms with E-state index >= 15 is 0 Å². The van der Waals surface area contributed by atoms with Gasteiger partial charge in [-0.25, -0.2) is 17.6 Å². The van der Waals surface area contributed by atoms with E-state index in [2.05, 4.69) is 5.32 Å². The average molecular weight is 488 g/mol. The molecule has 2 aromatic rings. The van der Waals surface area contributed by atoms with Gasteiger partial charge in [-0.3, -0.25) is 9.69 Å². The molecular weight excluding hydrogens is 465 g/mol. The van der Waals surface area contributed by atoms with Gasteiger partial charge in [0.05, 0.1) is 23.4 Å². The van der Waals surface area contributed by atoms with Crippen molar-refractivity contribution >= 4 is 39.2 Å². The van der Waals surface area contributed by atoms with Crippen molar-refractivity contribution in [2.45, 2.75) is 25.0 Å². The monoisotopic (exact) mass is 487 g/mol. The lowest BCUT2D eigenvalue weighted by Gasteiger charge is -2.36. The highest BCUT2D eigenvalue weighted by Gasteiger charge is 2.34. The van der Waals surface area contributed by atoms with Gasteiger partial charge in [0.25, 0.3) is 10.0 Å². The van der Waals surface area contributed by atoms with Crippen LogP contribution >= 0.6 is 11.6 Å². The molecule has 1 aliphatic heterocycles. The van der Waals surface area contributed by atoms with E-state index < -0.39 is 27.9 Å². The minimum Gasteiger partial charge on any atom is -0.460 e. The summed E-state index contributed by atoms with van der Waals surface area (Å²) < 4.78 is 50.1. The Kier molecular flexibility index (Phi) is 7.55. The average Bonchev–Trinajstić information content (AvgIpc) is 3.27. The highest BCUT2D eigenvalue weighted by atomic mass is 35.5. The van der Waals surface area contributed by atoms with E-state index in [-0.39, 0.29) is 41.5 Å². The first-order chi connectivity index (χ1) is 15.1. The molecule has 12 heteroatoms. The molecule has 2 heterocycles. The van der Waals surface area contributed by atoms with E-state index in [1.165, 1.54) is 28.6 Å². The lowest BCUT2D eigenvalue weighted by Crippen LogP contribution is -2.53. The van der Waals surface area contributed by atoms with Crippen molar-refractivity contribution in [2.75, 3.05) is 38.1 Å². The number of carbonyl (C=O) groups excluding carboxylic acids is 2. The first kappa shape index (κ1) is 24.2. The fourth-order valence-electron chi connectivity index (χ4n) is 3.22. The van der Waals surface area contributed by atoms with Gasteiger partial charge in [-0.2, -0.15) is 4.31 Å².